The Morgan fingerprint density at radius 1 is 1.11 bits per heavy atom. The predicted octanol–water partition coefficient (Wildman–Crippen LogP) is 1.19. The topological polar surface area (TPSA) is 147 Å². The van der Waals surface area contributed by atoms with Crippen molar-refractivity contribution in [1.29, 1.82) is 0 Å². The molecule has 2 atom stereocenters. The van der Waals surface area contributed by atoms with Crippen LogP contribution >= 0.6 is 0 Å². The van der Waals surface area contributed by atoms with E-state index in [1.54, 1.807) is 0 Å². The molecule has 0 aromatic heterocycles. The molecule has 2 unspecified atom stereocenters. The van der Waals surface area contributed by atoms with E-state index in [0.29, 0.717) is 52.0 Å². The maximum Gasteiger partial charge on any atom is 0.407 e. The maximum atomic E-state index is 11.8. The van der Waals surface area contributed by atoms with Gasteiger partial charge in [-0.3, -0.25) is 5.84 Å². The number of alkyl carbamates (subject to hydrolysis) is 1. The average Bonchev–Trinajstić information content (AvgIpc) is 2.70. The average molecular weight is 404 g/mol. The van der Waals surface area contributed by atoms with E-state index in [1.807, 2.05) is 13.8 Å². The first kappa shape index (κ1) is 26.4. The number of nitrogens with one attached hydrogen (secondary N) is 2. The highest BCUT2D eigenvalue weighted by Gasteiger charge is 2.22. The molecule has 0 aliphatic heterocycles. The lowest BCUT2D eigenvalue weighted by Crippen LogP contribution is -2.32. The quantitative estimate of drug-likeness (QED) is 0.196. The molecule has 1 amide bonds. The lowest BCUT2D eigenvalue weighted by molar-refractivity contribution is 0.0505. The summed E-state index contributed by atoms with van der Waals surface area (Å²) in [7, 11) is 0. The van der Waals surface area contributed by atoms with Crippen molar-refractivity contribution in [3.8, 4) is 0 Å². The van der Waals surface area contributed by atoms with Gasteiger partial charge in [0, 0.05) is 24.5 Å². The number of hydrogen-bond acceptors (Lipinski definition) is 8. The Hall–Kier alpha value is -1.55. The highest BCUT2D eigenvalue weighted by atomic mass is 16.5. The zero-order valence-corrected chi connectivity index (χ0v) is 17.8. The number of rotatable bonds is 11. The number of carbonyl (C=O) groups is 1. The van der Waals surface area contributed by atoms with E-state index < -0.39 is 6.09 Å². The lowest BCUT2D eigenvalue weighted by atomic mass is 9.84. The highest BCUT2D eigenvalue weighted by Crippen LogP contribution is 2.28. The molecule has 0 saturated heterocycles. The summed E-state index contributed by atoms with van der Waals surface area (Å²) in [6.45, 7) is 9.38. The summed E-state index contributed by atoms with van der Waals surface area (Å²) in [6.07, 6.45) is 2.97. The number of allylic oxidation sites excluding steroid dienone is 2. The Labute approximate surface area is 169 Å². The first-order valence-corrected chi connectivity index (χ1v) is 10.3. The molecule has 1 aliphatic rings. The summed E-state index contributed by atoms with van der Waals surface area (Å²) >= 11 is 0. The van der Waals surface area contributed by atoms with Gasteiger partial charge in [0.1, 0.15) is 0 Å². The van der Waals surface area contributed by atoms with Gasteiger partial charge >= 0.3 is 6.09 Å². The van der Waals surface area contributed by atoms with E-state index in [0.717, 1.165) is 37.1 Å². The second-order valence-corrected chi connectivity index (χ2v) is 6.50. The largest absolute Gasteiger partial charge is 0.449 e. The van der Waals surface area contributed by atoms with Crippen LogP contribution in [0, 0.1) is 11.8 Å². The fourth-order valence-electron chi connectivity index (χ4n) is 2.82. The summed E-state index contributed by atoms with van der Waals surface area (Å²) < 4.78 is 15.9. The standard InChI is InChI=1S/C17H35N5O4.C2H6/c1-13-2-5-16(22-20)15(19)4-3-14(13)12-26-17(23)21-7-9-25-11-10-24-8-6-18;1-2/h13-14,22H,2-12,18-20H2,1H3,(H,21,23);1-2H3/b16-15-;. The van der Waals surface area contributed by atoms with Gasteiger partial charge < -0.3 is 36.4 Å². The van der Waals surface area contributed by atoms with E-state index in [2.05, 4.69) is 17.7 Å². The van der Waals surface area contributed by atoms with Gasteiger partial charge in [0.05, 0.1) is 33.0 Å². The molecule has 0 aromatic rings. The number of ether oxygens (including phenoxy) is 3. The lowest BCUT2D eigenvalue weighted by Gasteiger charge is -2.27. The molecule has 8 N–H and O–H groups in total. The summed E-state index contributed by atoms with van der Waals surface area (Å²) in [5, 5.41) is 2.68. The fraction of sp³-hybridized carbons (Fsp3) is 0.842. The Kier molecular flexibility index (Phi) is 16.6. The van der Waals surface area contributed by atoms with Crippen LogP contribution in [-0.4, -0.2) is 52.2 Å². The SMILES string of the molecule is CC.CC1CC/C(NN)=C(/N)CCC1COC(=O)NCCOCCOCCN. The van der Waals surface area contributed by atoms with Gasteiger partial charge in [-0.05, 0) is 37.5 Å². The van der Waals surface area contributed by atoms with Gasteiger partial charge in [-0.2, -0.15) is 0 Å². The number of nitrogens with two attached hydrogens (primary N) is 3. The van der Waals surface area contributed by atoms with E-state index >= 15 is 0 Å². The molecule has 28 heavy (non-hydrogen) atoms. The van der Waals surface area contributed by atoms with E-state index in [4.69, 9.17) is 31.5 Å². The Balaban J connectivity index is 0.00000352. The number of hydrazine groups is 1. The summed E-state index contributed by atoms with van der Waals surface area (Å²) in [4.78, 5) is 11.8. The molecule has 166 valence electrons. The van der Waals surface area contributed by atoms with Crippen molar-refractivity contribution in [2.75, 3.05) is 46.1 Å². The number of hydrogen-bond donors (Lipinski definition) is 5. The minimum atomic E-state index is -0.421. The first-order chi connectivity index (χ1) is 13.6. The molecule has 0 saturated carbocycles. The van der Waals surface area contributed by atoms with Crippen LogP contribution < -0.4 is 28.1 Å². The van der Waals surface area contributed by atoms with Crippen LogP contribution in [0.5, 0.6) is 0 Å². The zero-order valence-electron chi connectivity index (χ0n) is 17.8. The zero-order chi connectivity index (χ0) is 21.2. The first-order valence-electron chi connectivity index (χ1n) is 10.3. The molecule has 0 fully saturated rings. The summed E-state index contributed by atoms with van der Waals surface area (Å²) in [6, 6.07) is 0. The molecule has 9 nitrogen and oxygen atoms in total. The van der Waals surface area contributed by atoms with E-state index in [-0.39, 0.29) is 5.92 Å². The van der Waals surface area contributed by atoms with Crippen LogP contribution in [0.3, 0.4) is 0 Å². The smallest absolute Gasteiger partial charge is 0.407 e. The molecule has 0 heterocycles. The molecule has 0 spiro atoms. The van der Waals surface area contributed by atoms with Gasteiger partial charge in [0.25, 0.3) is 0 Å². The van der Waals surface area contributed by atoms with Gasteiger partial charge in [0.15, 0.2) is 0 Å². The predicted molar refractivity (Wildman–Crippen MR) is 111 cm³/mol. The minimum Gasteiger partial charge on any atom is -0.449 e. The third-order valence-electron chi connectivity index (χ3n) is 4.58. The second kappa shape index (κ2) is 17.5. The van der Waals surface area contributed by atoms with Crippen molar-refractivity contribution < 1.29 is 19.0 Å². The number of carbonyl (C=O) groups excluding carboxylic acids is 1. The van der Waals surface area contributed by atoms with Gasteiger partial charge in [-0.1, -0.05) is 20.8 Å². The van der Waals surface area contributed by atoms with Gasteiger partial charge in [-0.15, -0.1) is 0 Å². The molecule has 0 radical (unpaired) electrons. The number of amides is 1. The van der Waals surface area contributed by atoms with Crippen LogP contribution in [0.15, 0.2) is 11.4 Å². The second-order valence-electron chi connectivity index (χ2n) is 6.50. The molecule has 0 aromatic carbocycles. The highest BCUT2D eigenvalue weighted by molar-refractivity contribution is 5.67. The van der Waals surface area contributed by atoms with Crippen LogP contribution in [0.25, 0.3) is 0 Å². The maximum absolute atomic E-state index is 11.8. The van der Waals surface area contributed by atoms with Crippen LogP contribution in [0.2, 0.25) is 0 Å². The summed E-state index contributed by atoms with van der Waals surface area (Å²) in [5.41, 5.74) is 15.8. The van der Waals surface area contributed by atoms with Crippen molar-refractivity contribution in [2.24, 2.45) is 29.1 Å². The molecule has 0 bridgehead atoms. The molecule has 1 aliphatic carbocycles. The molecular formula is C19H41N5O4. The van der Waals surface area contributed by atoms with Crippen molar-refractivity contribution in [1.82, 2.24) is 10.7 Å². The Morgan fingerprint density at radius 3 is 2.43 bits per heavy atom. The van der Waals surface area contributed by atoms with Gasteiger partial charge in [-0.25, -0.2) is 4.79 Å². The monoisotopic (exact) mass is 403 g/mol. The van der Waals surface area contributed by atoms with Crippen molar-refractivity contribution >= 4 is 6.09 Å². The molecule has 1 rings (SSSR count). The van der Waals surface area contributed by atoms with Gasteiger partial charge in [0.2, 0.25) is 0 Å². The normalized spacial score (nSPS) is 22.3. The third kappa shape index (κ3) is 12.0. The van der Waals surface area contributed by atoms with E-state index in [1.165, 1.54) is 0 Å². The Morgan fingerprint density at radius 2 is 1.79 bits per heavy atom. The Bertz CT molecular complexity index is 435. The van der Waals surface area contributed by atoms with Crippen molar-refractivity contribution in [3.63, 3.8) is 0 Å². The van der Waals surface area contributed by atoms with Crippen LogP contribution in [0.1, 0.15) is 46.5 Å². The minimum absolute atomic E-state index is 0.287. The van der Waals surface area contributed by atoms with E-state index in [9.17, 15) is 4.79 Å². The van der Waals surface area contributed by atoms with Crippen molar-refractivity contribution in [2.45, 2.75) is 46.5 Å². The summed E-state index contributed by atoms with van der Waals surface area (Å²) in [5.74, 6) is 6.22. The van der Waals surface area contributed by atoms with Crippen molar-refractivity contribution in [3.05, 3.63) is 11.4 Å². The molecular weight excluding hydrogens is 362 g/mol. The molecule has 9 heteroatoms. The van der Waals surface area contributed by atoms with Crippen LogP contribution in [0.4, 0.5) is 4.79 Å². The fourth-order valence-corrected chi connectivity index (χ4v) is 2.82. The van der Waals surface area contributed by atoms with Crippen LogP contribution in [-0.2, 0) is 14.2 Å². The third-order valence-corrected chi connectivity index (χ3v) is 4.58.